The van der Waals surface area contributed by atoms with Gasteiger partial charge in [-0.3, -0.25) is 0 Å². The van der Waals surface area contributed by atoms with Gasteiger partial charge in [0.25, 0.3) is 0 Å². The van der Waals surface area contributed by atoms with Gasteiger partial charge in [0, 0.05) is 23.5 Å². The van der Waals surface area contributed by atoms with Crippen LogP contribution < -0.4 is 14.4 Å². The maximum atomic E-state index is 5.41. The SMILES string of the molecule is COc1ccc(-c2nc(N3CCC(C)CC3)sc2C)cc1OC. The Balaban J connectivity index is 1.89. The van der Waals surface area contributed by atoms with Crippen LogP contribution in [-0.4, -0.2) is 32.3 Å². The van der Waals surface area contributed by atoms with Gasteiger partial charge in [0.15, 0.2) is 16.6 Å². The van der Waals surface area contributed by atoms with E-state index in [0.29, 0.717) is 0 Å². The van der Waals surface area contributed by atoms with Crippen molar-refractivity contribution in [3.8, 4) is 22.8 Å². The third kappa shape index (κ3) is 3.29. The highest BCUT2D eigenvalue weighted by Crippen LogP contribution is 2.37. The molecule has 1 saturated heterocycles. The van der Waals surface area contributed by atoms with Crippen LogP contribution in [-0.2, 0) is 0 Å². The first-order valence-electron chi connectivity index (χ1n) is 8.07. The number of aromatic nitrogens is 1. The van der Waals surface area contributed by atoms with Gasteiger partial charge in [-0.2, -0.15) is 0 Å². The molecule has 0 spiro atoms. The molecule has 23 heavy (non-hydrogen) atoms. The summed E-state index contributed by atoms with van der Waals surface area (Å²) < 4.78 is 10.7. The number of aryl methyl sites for hydroxylation is 1. The summed E-state index contributed by atoms with van der Waals surface area (Å²) in [6.45, 7) is 6.69. The first kappa shape index (κ1) is 16.1. The Morgan fingerprint density at radius 1 is 1.13 bits per heavy atom. The summed E-state index contributed by atoms with van der Waals surface area (Å²) in [6, 6.07) is 5.99. The molecule has 124 valence electrons. The quantitative estimate of drug-likeness (QED) is 0.832. The number of rotatable bonds is 4. The van der Waals surface area contributed by atoms with Gasteiger partial charge in [0.05, 0.1) is 19.9 Å². The number of hydrogen-bond acceptors (Lipinski definition) is 5. The van der Waals surface area contributed by atoms with Crippen molar-refractivity contribution in [1.29, 1.82) is 0 Å². The minimum Gasteiger partial charge on any atom is -0.493 e. The molecule has 2 aromatic rings. The van der Waals surface area contributed by atoms with Gasteiger partial charge in [-0.05, 0) is 43.9 Å². The molecule has 0 aliphatic carbocycles. The summed E-state index contributed by atoms with van der Waals surface area (Å²) in [7, 11) is 3.32. The normalized spacial score (nSPS) is 15.7. The third-order valence-electron chi connectivity index (χ3n) is 4.50. The van der Waals surface area contributed by atoms with Crippen molar-refractivity contribution in [2.75, 3.05) is 32.2 Å². The van der Waals surface area contributed by atoms with Crippen molar-refractivity contribution >= 4 is 16.5 Å². The number of anilines is 1. The van der Waals surface area contributed by atoms with E-state index in [0.717, 1.165) is 46.9 Å². The van der Waals surface area contributed by atoms with Crippen LogP contribution >= 0.6 is 11.3 Å². The minimum absolute atomic E-state index is 0.741. The second kappa shape index (κ2) is 6.79. The Hall–Kier alpha value is -1.75. The minimum atomic E-state index is 0.741. The number of nitrogens with zero attached hydrogens (tertiary/aromatic N) is 2. The molecule has 0 atom stereocenters. The smallest absolute Gasteiger partial charge is 0.186 e. The molecule has 1 fully saturated rings. The van der Waals surface area contributed by atoms with Crippen LogP contribution in [0.25, 0.3) is 11.3 Å². The van der Waals surface area contributed by atoms with Crippen molar-refractivity contribution in [2.45, 2.75) is 26.7 Å². The Bertz CT molecular complexity index is 676. The van der Waals surface area contributed by atoms with Crippen LogP contribution in [0.3, 0.4) is 0 Å². The number of hydrogen-bond donors (Lipinski definition) is 0. The highest BCUT2D eigenvalue weighted by molar-refractivity contribution is 7.16. The largest absolute Gasteiger partial charge is 0.493 e. The summed E-state index contributed by atoms with van der Waals surface area (Å²) in [6.07, 6.45) is 2.51. The van der Waals surface area contributed by atoms with E-state index in [-0.39, 0.29) is 0 Å². The van der Waals surface area contributed by atoms with E-state index in [1.54, 1.807) is 25.6 Å². The number of benzene rings is 1. The zero-order chi connectivity index (χ0) is 16.4. The summed E-state index contributed by atoms with van der Waals surface area (Å²) in [4.78, 5) is 8.57. The molecule has 0 amide bonds. The van der Waals surface area contributed by atoms with Crippen LogP contribution in [0.5, 0.6) is 11.5 Å². The first-order chi connectivity index (χ1) is 11.1. The van der Waals surface area contributed by atoms with Crippen LogP contribution in [0.2, 0.25) is 0 Å². The van der Waals surface area contributed by atoms with Crippen molar-refractivity contribution in [2.24, 2.45) is 5.92 Å². The zero-order valence-electron chi connectivity index (χ0n) is 14.3. The van der Waals surface area contributed by atoms with Gasteiger partial charge in [-0.1, -0.05) is 6.92 Å². The Morgan fingerprint density at radius 3 is 2.48 bits per heavy atom. The maximum Gasteiger partial charge on any atom is 0.186 e. The molecule has 0 unspecified atom stereocenters. The fourth-order valence-electron chi connectivity index (χ4n) is 2.97. The van der Waals surface area contributed by atoms with E-state index in [4.69, 9.17) is 14.5 Å². The molecule has 1 aliphatic rings. The van der Waals surface area contributed by atoms with Crippen molar-refractivity contribution < 1.29 is 9.47 Å². The second-order valence-electron chi connectivity index (χ2n) is 6.14. The van der Waals surface area contributed by atoms with Crippen LogP contribution in [0.1, 0.15) is 24.6 Å². The maximum absolute atomic E-state index is 5.41. The number of piperidine rings is 1. The number of methoxy groups -OCH3 is 2. The van der Waals surface area contributed by atoms with Gasteiger partial charge >= 0.3 is 0 Å². The molecule has 4 nitrogen and oxygen atoms in total. The van der Waals surface area contributed by atoms with E-state index in [1.165, 1.54) is 17.7 Å². The molecular formula is C18H24N2O2S. The molecular weight excluding hydrogens is 308 g/mol. The highest BCUT2D eigenvalue weighted by atomic mass is 32.1. The average molecular weight is 332 g/mol. The van der Waals surface area contributed by atoms with E-state index in [2.05, 4.69) is 18.7 Å². The molecule has 0 bridgehead atoms. The second-order valence-corrected chi connectivity index (χ2v) is 7.32. The fraction of sp³-hybridized carbons (Fsp3) is 0.500. The molecule has 0 N–H and O–H groups in total. The molecule has 2 heterocycles. The fourth-order valence-corrected chi connectivity index (χ4v) is 3.95. The van der Waals surface area contributed by atoms with Gasteiger partial charge in [-0.15, -0.1) is 11.3 Å². The standard InChI is InChI=1S/C18H24N2O2S/c1-12-7-9-20(10-8-12)18-19-17(13(2)23-18)14-5-6-15(21-3)16(11-14)22-4/h5-6,11-12H,7-10H2,1-4H3. The lowest BCUT2D eigenvalue weighted by Gasteiger charge is -2.29. The average Bonchev–Trinajstić information content (AvgIpc) is 2.96. The number of thiazole rings is 1. The van der Waals surface area contributed by atoms with E-state index >= 15 is 0 Å². The molecule has 3 rings (SSSR count). The molecule has 1 aromatic carbocycles. The van der Waals surface area contributed by atoms with E-state index < -0.39 is 0 Å². The summed E-state index contributed by atoms with van der Waals surface area (Å²) >= 11 is 1.78. The van der Waals surface area contributed by atoms with Gasteiger partial charge in [0.2, 0.25) is 0 Å². The van der Waals surface area contributed by atoms with Crippen LogP contribution in [0.15, 0.2) is 18.2 Å². The topological polar surface area (TPSA) is 34.6 Å². The van der Waals surface area contributed by atoms with Gasteiger partial charge in [0.1, 0.15) is 0 Å². The molecule has 0 saturated carbocycles. The molecule has 1 aromatic heterocycles. The first-order valence-corrected chi connectivity index (χ1v) is 8.88. The van der Waals surface area contributed by atoms with Crippen molar-refractivity contribution in [3.05, 3.63) is 23.1 Å². The van der Waals surface area contributed by atoms with Crippen LogP contribution in [0.4, 0.5) is 5.13 Å². The lowest BCUT2D eigenvalue weighted by molar-refractivity contribution is 0.355. The molecule has 1 aliphatic heterocycles. The number of ether oxygens (including phenoxy) is 2. The van der Waals surface area contributed by atoms with Gasteiger partial charge in [-0.25, -0.2) is 4.98 Å². The zero-order valence-corrected chi connectivity index (χ0v) is 15.1. The predicted octanol–water partition coefficient (Wildman–Crippen LogP) is 4.37. The Labute approximate surface area is 142 Å². The van der Waals surface area contributed by atoms with Crippen molar-refractivity contribution in [1.82, 2.24) is 4.98 Å². The molecule has 0 radical (unpaired) electrons. The Kier molecular flexibility index (Phi) is 4.76. The van der Waals surface area contributed by atoms with E-state index in [9.17, 15) is 0 Å². The Morgan fingerprint density at radius 2 is 1.83 bits per heavy atom. The van der Waals surface area contributed by atoms with Crippen LogP contribution in [0, 0.1) is 12.8 Å². The third-order valence-corrected chi connectivity index (χ3v) is 5.53. The van der Waals surface area contributed by atoms with Gasteiger partial charge < -0.3 is 14.4 Å². The van der Waals surface area contributed by atoms with E-state index in [1.807, 2.05) is 18.2 Å². The monoisotopic (exact) mass is 332 g/mol. The molecule has 5 heteroatoms. The van der Waals surface area contributed by atoms with Crippen molar-refractivity contribution in [3.63, 3.8) is 0 Å². The summed E-state index contributed by atoms with van der Waals surface area (Å²) in [5.41, 5.74) is 2.12. The summed E-state index contributed by atoms with van der Waals surface area (Å²) in [5, 5.41) is 1.14. The summed E-state index contributed by atoms with van der Waals surface area (Å²) in [5.74, 6) is 2.32. The highest BCUT2D eigenvalue weighted by Gasteiger charge is 2.20. The predicted molar refractivity (Wildman–Crippen MR) is 96.0 cm³/mol. The lowest BCUT2D eigenvalue weighted by atomic mass is 10.00. The lowest BCUT2D eigenvalue weighted by Crippen LogP contribution is -2.32.